The van der Waals surface area contributed by atoms with Crippen molar-refractivity contribution in [3.05, 3.63) is 45.1 Å². The van der Waals surface area contributed by atoms with E-state index in [1.54, 1.807) is 13.0 Å². The van der Waals surface area contributed by atoms with Crippen LogP contribution < -0.4 is 5.32 Å². The average Bonchev–Trinajstić information content (AvgIpc) is 3.06. The highest BCUT2D eigenvalue weighted by Gasteiger charge is 2.29. The Morgan fingerprint density at radius 1 is 1.28 bits per heavy atom. The molecule has 0 fully saturated rings. The summed E-state index contributed by atoms with van der Waals surface area (Å²) in [6, 6.07) is 3.02. The minimum atomic E-state index is -1.09. The molecular weight excluding hydrogens is 416 g/mol. The highest BCUT2D eigenvalue weighted by atomic mass is 35.5. The lowest BCUT2D eigenvalue weighted by molar-refractivity contribution is -0.123. The van der Waals surface area contributed by atoms with Crippen LogP contribution in [0.5, 0.6) is 0 Å². The molecule has 0 saturated heterocycles. The van der Waals surface area contributed by atoms with E-state index in [1.807, 2.05) is 0 Å². The van der Waals surface area contributed by atoms with Crippen LogP contribution in [0.1, 0.15) is 57.8 Å². The van der Waals surface area contributed by atoms with Gasteiger partial charge in [0.15, 0.2) is 6.10 Å². The molecule has 0 radical (unpaired) electrons. The molecule has 1 N–H and O–H groups in total. The summed E-state index contributed by atoms with van der Waals surface area (Å²) >= 11 is 7.27. The third-order valence-corrected chi connectivity index (χ3v) is 6.03. The van der Waals surface area contributed by atoms with Crippen molar-refractivity contribution >= 4 is 45.8 Å². The van der Waals surface area contributed by atoms with E-state index >= 15 is 0 Å². The van der Waals surface area contributed by atoms with Crippen molar-refractivity contribution in [3.8, 4) is 0 Å². The number of rotatable bonds is 6. The molecule has 2 heterocycles. The molecule has 2 aromatic rings. The first-order valence-electron chi connectivity index (χ1n) is 9.36. The van der Waals surface area contributed by atoms with Gasteiger partial charge < -0.3 is 14.8 Å². The topological polar surface area (TPSA) is 94.6 Å². The van der Waals surface area contributed by atoms with E-state index in [0.29, 0.717) is 10.6 Å². The number of aryl methyl sites for hydroxylation is 1. The maximum Gasteiger partial charge on any atom is 0.342 e. The molecule has 29 heavy (non-hydrogen) atoms. The van der Waals surface area contributed by atoms with E-state index in [0.717, 1.165) is 36.1 Å². The van der Waals surface area contributed by atoms with Crippen molar-refractivity contribution in [3.63, 3.8) is 0 Å². The number of pyridine rings is 1. The van der Waals surface area contributed by atoms with Gasteiger partial charge in [0.1, 0.15) is 10.2 Å². The van der Waals surface area contributed by atoms with Crippen molar-refractivity contribution in [1.82, 2.24) is 4.98 Å². The Kier molecular flexibility index (Phi) is 6.87. The fraction of sp³-hybridized carbons (Fsp3) is 0.400. The number of hydrogen-bond acceptors (Lipinski definition) is 7. The Morgan fingerprint density at radius 3 is 2.76 bits per heavy atom. The van der Waals surface area contributed by atoms with Crippen molar-refractivity contribution in [2.75, 3.05) is 11.9 Å². The summed E-state index contributed by atoms with van der Waals surface area (Å²) in [4.78, 5) is 42.3. The van der Waals surface area contributed by atoms with Crippen molar-refractivity contribution < 1.29 is 23.9 Å². The van der Waals surface area contributed by atoms with E-state index in [9.17, 15) is 14.4 Å². The molecule has 0 aliphatic heterocycles. The summed E-state index contributed by atoms with van der Waals surface area (Å²) < 4.78 is 10.4. The van der Waals surface area contributed by atoms with Gasteiger partial charge in [0, 0.05) is 11.1 Å². The van der Waals surface area contributed by atoms with Crippen LogP contribution in [0.4, 0.5) is 5.00 Å². The zero-order valence-electron chi connectivity index (χ0n) is 16.1. The van der Waals surface area contributed by atoms with Crippen LogP contribution in [0, 0.1) is 0 Å². The lowest BCUT2D eigenvalue weighted by Gasteiger charge is -2.14. The fourth-order valence-electron chi connectivity index (χ4n) is 3.10. The molecule has 1 aliphatic carbocycles. The van der Waals surface area contributed by atoms with Gasteiger partial charge in [-0.25, -0.2) is 14.6 Å². The van der Waals surface area contributed by atoms with Crippen molar-refractivity contribution in [1.29, 1.82) is 0 Å². The van der Waals surface area contributed by atoms with E-state index in [4.69, 9.17) is 21.1 Å². The number of nitrogens with zero attached hydrogens (tertiary/aromatic N) is 1. The minimum absolute atomic E-state index is 0.000590. The summed E-state index contributed by atoms with van der Waals surface area (Å²) in [5.41, 5.74) is 1.43. The van der Waals surface area contributed by atoms with Gasteiger partial charge in [-0.2, -0.15) is 0 Å². The molecule has 3 rings (SSSR count). The standard InChI is InChI=1S/C20H21ClN2O5S/c1-3-27-20(26)15-12-7-4-5-9-14(12)29-18(15)23-17(24)11(2)28-19(25)13-8-6-10-22-16(13)21/h6,8,10-11H,3-5,7,9H2,1-2H3,(H,23,24). The van der Waals surface area contributed by atoms with Gasteiger partial charge in [-0.15, -0.1) is 11.3 Å². The fourth-order valence-corrected chi connectivity index (χ4v) is 4.58. The molecule has 0 spiro atoms. The SMILES string of the molecule is CCOC(=O)c1c(NC(=O)C(C)OC(=O)c2cccnc2Cl)sc2c1CCCC2. The quantitative estimate of drug-likeness (QED) is 0.542. The van der Waals surface area contributed by atoms with Crippen LogP contribution in [0.15, 0.2) is 18.3 Å². The molecular formula is C20H21ClN2O5S. The van der Waals surface area contributed by atoms with Crippen molar-refractivity contribution in [2.24, 2.45) is 0 Å². The Morgan fingerprint density at radius 2 is 2.03 bits per heavy atom. The number of nitrogens with one attached hydrogen (secondary N) is 1. The number of esters is 2. The lowest BCUT2D eigenvalue weighted by atomic mass is 9.95. The van der Waals surface area contributed by atoms with Gasteiger partial charge in [0.25, 0.3) is 5.91 Å². The summed E-state index contributed by atoms with van der Waals surface area (Å²) in [5, 5.41) is 3.16. The number of aromatic nitrogens is 1. The zero-order chi connectivity index (χ0) is 21.0. The molecule has 154 valence electrons. The molecule has 7 nitrogen and oxygen atoms in total. The number of carbonyl (C=O) groups is 3. The molecule has 0 saturated carbocycles. The van der Waals surface area contributed by atoms with Gasteiger partial charge in [0.05, 0.1) is 17.7 Å². The van der Waals surface area contributed by atoms with Crippen LogP contribution in [-0.4, -0.2) is 35.5 Å². The second-order valence-corrected chi connectivity index (χ2v) is 7.98. The molecule has 1 atom stereocenters. The number of thiophene rings is 1. The van der Waals surface area contributed by atoms with E-state index in [2.05, 4.69) is 10.3 Å². The van der Waals surface area contributed by atoms with Gasteiger partial charge in [-0.3, -0.25) is 4.79 Å². The highest BCUT2D eigenvalue weighted by Crippen LogP contribution is 2.38. The van der Waals surface area contributed by atoms with E-state index in [1.165, 1.54) is 30.5 Å². The largest absolute Gasteiger partial charge is 0.462 e. The predicted molar refractivity (Wildman–Crippen MR) is 110 cm³/mol. The van der Waals surface area contributed by atoms with Crippen LogP contribution in [-0.2, 0) is 27.1 Å². The monoisotopic (exact) mass is 436 g/mol. The molecule has 1 aliphatic rings. The zero-order valence-corrected chi connectivity index (χ0v) is 17.7. The smallest absolute Gasteiger partial charge is 0.342 e. The molecule has 2 aromatic heterocycles. The summed E-state index contributed by atoms with van der Waals surface area (Å²) in [7, 11) is 0. The molecule has 9 heteroatoms. The average molecular weight is 437 g/mol. The number of hydrogen-bond donors (Lipinski definition) is 1. The minimum Gasteiger partial charge on any atom is -0.462 e. The number of anilines is 1. The first-order valence-corrected chi connectivity index (χ1v) is 10.6. The molecule has 1 unspecified atom stereocenters. The Balaban J connectivity index is 1.76. The van der Waals surface area contributed by atoms with E-state index in [-0.39, 0.29) is 17.3 Å². The number of carbonyl (C=O) groups excluding carboxylic acids is 3. The lowest BCUT2D eigenvalue weighted by Crippen LogP contribution is -2.30. The third-order valence-electron chi connectivity index (χ3n) is 4.52. The van der Waals surface area contributed by atoms with Gasteiger partial charge in [0.2, 0.25) is 0 Å². The molecule has 1 amide bonds. The maximum atomic E-state index is 12.6. The van der Waals surface area contributed by atoms with Gasteiger partial charge in [-0.1, -0.05) is 11.6 Å². The predicted octanol–water partition coefficient (Wildman–Crippen LogP) is 4.04. The Hall–Kier alpha value is -2.45. The third kappa shape index (κ3) is 4.76. The summed E-state index contributed by atoms with van der Waals surface area (Å²) in [6.45, 7) is 3.44. The maximum absolute atomic E-state index is 12.6. The van der Waals surface area contributed by atoms with Crippen LogP contribution >= 0.6 is 22.9 Å². The second-order valence-electron chi connectivity index (χ2n) is 6.51. The number of amides is 1. The number of ether oxygens (including phenoxy) is 2. The first kappa shape index (κ1) is 21.3. The van der Waals surface area contributed by atoms with Crippen LogP contribution in [0.2, 0.25) is 5.15 Å². The Bertz CT molecular complexity index is 943. The highest BCUT2D eigenvalue weighted by molar-refractivity contribution is 7.17. The van der Waals surface area contributed by atoms with Gasteiger partial charge >= 0.3 is 11.9 Å². The normalized spacial score (nSPS) is 13.9. The number of halogens is 1. The summed E-state index contributed by atoms with van der Waals surface area (Å²) in [5.74, 6) is -1.74. The summed E-state index contributed by atoms with van der Waals surface area (Å²) in [6.07, 6.45) is 4.04. The van der Waals surface area contributed by atoms with E-state index < -0.39 is 23.9 Å². The second kappa shape index (κ2) is 9.37. The van der Waals surface area contributed by atoms with Crippen LogP contribution in [0.3, 0.4) is 0 Å². The molecule has 0 aromatic carbocycles. The Labute approximate surface area is 177 Å². The molecule has 0 bridgehead atoms. The first-order chi connectivity index (χ1) is 13.9. The van der Waals surface area contributed by atoms with Crippen LogP contribution in [0.25, 0.3) is 0 Å². The number of fused-ring (bicyclic) bond motifs is 1. The van der Waals surface area contributed by atoms with Crippen molar-refractivity contribution in [2.45, 2.75) is 45.6 Å². The van der Waals surface area contributed by atoms with Gasteiger partial charge in [-0.05, 0) is 57.2 Å².